The highest BCUT2D eigenvalue weighted by atomic mass is 16.1. The molecule has 1 rings (SSSR count). The number of hydrogen-bond acceptors (Lipinski definition) is 2. The molecule has 0 aliphatic carbocycles. The average Bonchev–Trinajstić information content (AvgIpc) is 2.52. The molecule has 0 unspecified atom stereocenters. The first kappa shape index (κ1) is 10.8. The maximum absolute atomic E-state index is 11.3. The molecule has 0 aromatic carbocycles. The number of carbonyl (C=O) groups excluding carboxylic acids is 1. The van der Waals surface area contributed by atoms with Crippen molar-refractivity contribution < 1.29 is 4.79 Å². The van der Waals surface area contributed by atoms with Crippen LogP contribution in [-0.4, -0.2) is 15.7 Å². The van der Waals surface area contributed by atoms with E-state index in [1.54, 1.807) is 10.9 Å². The van der Waals surface area contributed by atoms with E-state index >= 15 is 0 Å². The number of anilines is 1. The predicted octanol–water partition coefficient (Wildman–Crippen LogP) is 2.20. The Bertz CT molecular complexity index is 304. The summed E-state index contributed by atoms with van der Waals surface area (Å²) in [6, 6.07) is 2.08. The molecule has 0 saturated heterocycles. The van der Waals surface area contributed by atoms with E-state index < -0.39 is 0 Å². The van der Waals surface area contributed by atoms with Gasteiger partial charge in [0.15, 0.2) is 0 Å². The highest BCUT2D eigenvalue weighted by molar-refractivity contribution is 5.89. The molecule has 1 aromatic rings. The van der Waals surface area contributed by atoms with E-state index in [-0.39, 0.29) is 11.9 Å². The molecule has 0 spiro atoms. The van der Waals surface area contributed by atoms with E-state index in [9.17, 15) is 4.79 Å². The van der Waals surface area contributed by atoms with Crippen molar-refractivity contribution in [3.63, 3.8) is 0 Å². The minimum Gasteiger partial charge on any atom is -0.311 e. The third-order valence-corrected chi connectivity index (χ3v) is 1.90. The molecule has 1 N–H and O–H groups in total. The molecule has 4 heteroatoms. The average molecular weight is 195 g/mol. The Morgan fingerprint density at radius 1 is 1.64 bits per heavy atom. The summed E-state index contributed by atoms with van der Waals surface area (Å²) in [5.74, 6) is 0.827. The van der Waals surface area contributed by atoms with Gasteiger partial charge in [0.2, 0.25) is 5.91 Å². The van der Waals surface area contributed by atoms with Crippen molar-refractivity contribution in [2.45, 2.75) is 39.7 Å². The van der Waals surface area contributed by atoms with Crippen molar-refractivity contribution in [3.8, 4) is 0 Å². The van der Waals surface area contributed by atoms with Crippen LogP contribution in [0.25, 0.3) is 0 Å². The molecule has 0 radical (unpaired) electrons. The van der Waals surface area contributed by atoms with Gasteiger partial charge in [0, 0.05) is 18.5 Å². The molecule has 0 bridgehead atoms. The van der Waals surface area contributed by atoms with Crippen molar-refractivity contribution >= 4 is 11.7 Å². The first-order valence-corrected chi connectivity index (χ1v) is 4.98. The molecule has 0 saturated carbocycles. The molecule has 4 nitrogen and oxygen atoms in total. The molecule has 14 heavy (non-hydrogen) atoms. The van der Waals surface area contributed by atoms with Gasteiger partial charge in [-0.3, -0.25) is 4.79 Å². The van der Waals surface area contributed by atoms with E-state index in [2.05, 4.69) is 10.4 Å². The normalized spacial score (nSPS) is 10.6. The highest BCUT2D eigenvalue weighted by Gasteiger charge is 2.07. The van der Waals surface area contributed by atoms with Crippen molar-refractivity contribution in [3.05, 3.63) is 12.3 Å². The zero-order valence-corrected chi connectivity index (χ0v) is 8.95. The van der Waals surface area contributed by atoms with E-state index in [4.69, 9.17) is 0 Å². The molecule has 0 fully saturated rings. The lowest BCUT2D eigenvalue weighted by Crippen LogP contribution is -2.15. The number of aromatic nitrogens is 2. The third kappa shape index (κ3) is 2.58. The SMILES string of the molecule is CCCC(=O)Nc1ccnn1C(C)C. The standard InChI is InChI=1S/C10H17N3O/c1-4-5-10(14)12-9-6-7-11-13(9)8(2)3/h6-8H,4-5H2,1-3H3,(H,12,14). The van der Waals surface area contributed by atoms with Crippen molar-refractivity contribution in [2.75, 3.05) is 5.32 Å². The number of hydrogen-bond donors (Lipinski definition) is 1. The van der Waals surface area contributed by atoms with Gasteiger partial charge in [-0.1, -0.05) is 6.92 Å². The van der Waals surface area contributed by atoms with Crippen LogP contribution in [0.3, 0.4) is 0 Å². The van der Waals surface area contributed by atoms with E-state index in [1.807, 2.05) is 26.8 Å². The van der Waals surface area contributed by atoms with Crippen LogP contribution < -0.4 is 5.32 Å². The Kier molecular flexibility index (Phi) is 3.68. The second-order valence-corrected chi connectivity index (χ2v) is 3.55. The highest BCUT2D eigenvalue weighted by Crippen LogP contribution is 2.13. The van der Waals surface area contributed by atoms with E-state index in [0.29, 0.717) is 6.42 Å². The summed E-state index contributed by atoms with van der Waals surface area (Å²) in [5, 5.41) is 6.97. The molecule has 0 aliphatic heterocycles. The summed E-state index contributed by atoms with van der Waals surface area (Å²) in [7, 11) is 0. The molecule has 1 amide bonds. The van der Waals surface area contributed by atoms with Gasteiger partial charge in [0.05, 0.1) is 6.20 Å². The lowest BCUT2D eigenvalue weighted by molar-refractivity contribution is -0.116. The molecule has 0 aliphatic rings. The summed E-state index contributed by atoms with van der Waals surface area (Å²) >= 11 is 0. The Hall–Kier alpha value is -1.32. The van der Waals surface area contributed by atoms with Gasteiger partial charge in [-0.25, -0.2) is 4.68 Å². The maximum atomic E-state index is 11.3. The molecule has 1 aromatic heterocycles. The maximum Gasteiger partial charge on any atom is 0.225 e. The second-order valence-electron chi connectivity index (χ2n) is 3.55. The van der Waals surface area contributed by atoms with Gasteiger partial charge in [-0.05, 0) is 20.3 Å². The van der Waals surface area contributed by atoms with Gasteiger partial charge in [0.25, 0.3) is 0 Å². The number of carbonyl (C=O) groups is 1. The quantitative estimate of drug-likeness (QED) is 0.800. The van der Waals surface area contributed by atoms with Crippen LogP contribution in [0.15, 0.2) is 12.3 Å². The van der Waals surface area contributed by atoms with Crippen LogP contribution in [0, 0.1) is 0 Å². The fourth-order valence-corrected chi connectivity index (χ4v) is 1.26. The Labute approximate surface area is 84.3 Å². The Morgan fingerprint density at radius 3 is 2.93 bits per heavy atom. The number of nitrogens with one attached hydrogen (secondary N) is 1. The Balaban J connectivity index is 2.66. The smallest absolute Gasteiger partial charge is 0.225 e. The molecule has 1 heterocycles. The fourth-order valence-electron chi connectivity index (χ4n) is 1.26. The number of rotatable bonds is 4. The first-order valence-electron chi connectivity index (χ1n) is 4.98. The lowest BCUT2D eigenvalue weighted by atomic mass is 10.3. The van der Waals surface area contributed by atoms with Crippen LogP contribution >= 0.6 is 0 Å². The van der Waals surface area contributed by atoms with Gasteiger partial charge in [-0.15, -0.1) is 0 Å². The predicted molar refractivity (Wildman–Crippen MR) is 56.1 cm³/mol. The number of nitrogens with zero attached hydrogens (tertiary/aromatic N) is 2. The molecule has 0 atom stereocenters. The number of amides is 1. The van der Waals surface area contributed by atoms with Gasteiger partial charge < -0.3 is 5.32 Å². The topological polar surface area (TPSA) is 46.9 Å². The Morgan fingerprint density at radius 2 is 2.36 bits per heavy atom. The second kappa shape index (κ2) is 4.79. The molecule has 78 valence electrons. The molecular formula is C10H17N3O. The van der Waals surface area contributed by atoms with Crippen LogP contribution in [0.5, 0.6) is 0 Å². The van der Waals surface area contributed by atoms with Crippen molar-refractivity contribution in [1.29, 1.82) is 0 Å². The van der Waals surface area contributed by atoms with Crippen LogP contribution in [-0.2, 0) is 4.79 Å². The zero-order chi connectivity index (χ0) is 10.6. The summed E-state index contributed by atoms with van der Waals surface area (Å²) < 4.78 is 1.80. The zero-order valence-electron chi connectivity index (χ0n) is 8.95. The lowest BCUT2D eigenvalue weighted by Gasteiger charge is -2.11. The molecular weight excluding hydrogens is 178 g/mol. The summed E-state index contributed by atoms with van der Waals surface area (Å²) in [6.07, 6.45) is 3.12. The largest absolute Gasteiger partial charge is 0.311 e. The first-order chi connectivity index (χ1) is 6.65. The third-order valence-electron chi connectivity index (χ3n) is 1.90. The summed E-state index contributed by atoms with van der Waals surface area (Å²) in [4.78, 5) is 11.3. The van der Waals surface area contributed by atoms with Gasteiger partial charge in [-0.2, -0.15) is 5.10 Å². The monoisotopic (exact) mass is 195 g/mol. The van der Waals surface area contributed by atoms with Crippen LogP contribution in [0.1, 0.15) is 39.7 Å². The summed E-state index contributed by atoms with van der Waals surface area (Å²) in [6.45, 7) is 6.05. The van der Waals surface area contributed by atoms with E-state index in [1.165, 1.54) is 0 Å². The van der Waals surface area contributed by atoms with Crippen LogP contribution in [0.2, 0.25) is 0 Å². The minimum absolute atomic E-state index is 0.0508. The van der Waals surface area contributed by atoms with E-state index in [0.717, 1.165) is 12.2 Å². The fraction of sp³-hybridized carbons (Fsp3) is 0.600. The van der Waals surface area contributed by atoms with Gasteiger partial charge in [0.1, 0.15) is 5.82 Å². The minimum atomic E-state index is 0.0508. The van der Waals surface area contributed by atoms with Crippen LogP contribution in [0.4, 0.5) is 5.82 Å². The van der Waals surface area contributed by atoms with Crippen molar-refractivity contribution in [2.24, 2.45) is 0 Å². The van der Waals surface area contributed by atoms with Crippen molar-refractivity contribution in [1.82, 2.24) is 9.78 Å². The summed E-state index contributed by atoms with van der Waals surface area (Å²) in [5.41, 5.74) is 0. The van der Waals surface area contributed by atoms with Gasteiger partial charge >= 0.3 is 0 Å².